The molecule has 1 aromatic heterocycles. The Morgan fingerprint density at radius 2 is 2.12 bits per heavy atom. The minimum absolute atomic E-state index is 0.0125. The maximum absolute atomic E-state index is 11.4. The van der Waals surface area contributed by atoms with Gasteiger partial charge in [-0.2, -0.15) is 0 Å². The van der Waals surface area contributed by atoms with Crippen molar-refractivity contribution in [1.29, 1.82) is 0 Å². The van der Waals surface area contributed by atoms with Crippen LogP contribution in [0.4, 0.5) is 5.82 Å². The molecule has 0 saturated carbocycles. The van der Waals surface area contributed by atoms with Gasteiger partial charge in [-0.3, -0.25) is 4.79 Å². The molecule has 0 aromatic carbocycles. The number of carboxylic acid groups (broad SMARTS) is 1. The van der Waals surface area contributed by atoms with Gasteiger partial charge >= 0.3 is 5.97 Å². The third-order valence-electron chi connectivity index (χ3n) is 1.66. The number of nitrogen functional groups attached to an aromatic ring is 1. The van der Waals surface area contributed by atoms with Crippen LogP contribution in [0.5, 0.6) is 0 Å². The number of anilines is 1. The van der Waals surface area contributed by atoms with Gasteiger partial charge in [-0.05, 0) is 0 Å². The maximum atomic E-state index is 11.4. The highest BCUT2D eigenvalue weighted by Gasteiger charge is 2.26. The fourth-order valence-corrected chi connectivity index (χ4v) is 2.06. The summed E-state index contributed by atoms with van der Waals surface area (Å²) in [6, 6.07) is 0. The molecule has 0 bridgehead atoms. The van der Waals surface area contributed by atoms with Crippen molar-refractivity contribution in [2.75, 3.05) is 18.1 Å². The predicted octanol–water partition coefficient (Wildman–Crippen LogP) is -2.29. The lowest BCUT2D eigenvalue weighted by Gasteiger charge is -2.00. The predicted molar refractivity (Wildman–Crippen MR) is 51.2 cm³/mol. The Morgan fingerprint density at radius 1 is 1.50 bits per heavy atom. The molecule has 1 rings (SSSR count). The Morgan fingerprint density at radius 3 is 2.62 bits per heavy atom. The highest BCUT2D eigenvalue weighted by Crippen LogP contribution is 2.15. The van der Waals surface area contributed by atoms with Gasteiger partial charge in [0.25, 0.3) is 0 Å². The zero-order valence-electron chi connectivity index (χ0n) is 8.07. The van der Waals surface area contributed by atoms with Crippen molar-refractivity contribution in [3.8, 4) is 0 Å². The van der Waals surface area contributed by atoms with E-state index < -0.39 is 26.6 Å². The van der Waals surface area contributed by atoms with Crippen LogP contribution in [0.3, 0.4) is 0 Å². The number of sulfone groups is 1. The van der Waals surface area contributed by atoms with Crippen LogP contribution in [0.25, 0.3) is 0 Å². The lowest BCUT2D eigenvalue weighted by Crippen LogP contribution is -2.17. The average Bonchev–Trinajstić information content (AvgIpc) is 2.47. The first-order valence-corrected chi connectivity index (χ1v) is 5.78. The molecule has 0 spiro atoms. The van der Waals surface area contributed by atoms with Crippen LogP contribution in [0, 0.1) is 0 Å². The van der Waals surface area contributed by atoms with E-state index in [-0.39, 0.29) is 19.0 Å². The van der Waals surface area contributed by atoms with E-state index in [1.807, 2.05) is 0 Å². The van der Waals surface area contributed by atoms with E-state index in [0.717, 1.165) is 4.68 Å². The highest BCUT2D eigenvalue weighted by molar-refractivity contribution is 7.92. The highest BCUT2D eigenvalue weighted by atomic mass is 32.2. The van der Waals surface area contributed by atoms with Crippen molar-refractivity contribution < 1.29 is 23.4 Å². The molecule has 0 atom stereocenters. The lowest BCUT2D eigenvalue weighted by atomic mass is 10.6. The van der Waals surface area contributed by atoms with Gasteiger partial charge in [-0.15, -0.1) is 5.10 Å². The topological polar surface area (TPSA) is 148 Å². The zero-order chi connectivity index (χ0) is 12.3. The Hall–Kier alpha value is -1.68. The number of nitrogens with zero attached hydrogens (tertiary/aromatic N) is 3. The minimum Gasteiger partial charge on any atom is -0.480 e. The second-order valence-corrected chi connectivity index (χ2v) is 4.78. The Kier molecular flexibility index (Phi) is 3.44. The van der Waals surface area contributed by atoms with Gasteiger partial charge in [0.05, 0.1) is 13.2 Å². The first-order chi connectivity index (χ1) is 7.38. The van der Waals surface area contributed by atoms with Crippen molar-refractivity contribution in [1.82, 2.24) is 15.0 Å². The van der Waals surface area contributed by atoms with E-state index in [1.54, 1.807) is 0 Å². The molecule has 16 heavy (non-hydrogen) atoms. The molecule has 1 heterocycles. The van der Waals surface area contributed by atoms with Crippen LogP contribution in [-0.2, 0) is 21.2 Å². The lowest BCUT2D eigenvalue weighted by molar-refractivity contribution is -0.134. The van der Waals surface area contributed by atoms with E-state index in [2.05, 4.69) is 10.3 Å². The fraction of sp³-hybridized carbons (Fsp3) is 0.500. The third kappa shape index (κ3) is 2.46. The quantitative estimate of drug-likeness (QED) is 0.528. The molecule has 90 valence electrons. The third-order valence-corrected chi connectivity index (χ3v) is 3.17. The monoisotopic (exact) mass is 250 g/mol. The molecule has 9 nitrogen and oxygen atoms in total. The Labute approximate surface area is 90.4 Å². The average molecular weight is 250 g/mol. The van der Waals surface area contributed by atoms with Gasteiger partial charge in [0.1, 0.15) is 0 Å². The Balaban J connectivity index is 3.10. The summed E-state index contributed by atoms with van der Waals surface area (Å²) in [5.74, 6) is -2.89. The van der Waals surface area contributed by atoms with Gasteiger partial charge in [0.2, 0.25) is 14.9 Å². The largest absolute Gasteiger partial charge is 0.480 e. The molecule has 4 N–H and O–H groups in total. The number of carboxylic acids is 1. The van der Waals surface area contributed by atoms with Crippen LogP contribution in [0.2, 0.25) is 0 Å². The fourth-order valence-electron chi connectivity index (χ4n) is 1.02. The summed E-state index contributed by atoms with van der Waals surface area (Å²) in [4.78, 5) is 10.3. The summed E-state index contributed by atoms with van der Waals surface area (Å²) in [5, 5.41) is 23.1. The van der Waals surface area contributed by atoms with E-state index in [9.17, 15) is 13.2 Å². The molecule has 0 unspecified atom stereocenters. The summed E-state index contributed by atoms with van der Waals surface area (Å²) in [7, 11) is -4.09. The molecule has 0 radical (unpaired) electrons. The summed E-state index contributed by atoms with van der Waals surface area (Å²) in [5.41, 5.74) is 5.41. The number of carbonyl (C=O) groups is 1. The molecule has 0 amide bonds. The van der Waals surface area contributed by atoms with Crippen LogP contribution in [0.15, 0.2) is 5.03 Å². The number of hydrogen-bond donors (Lipinski definition) is 3. The van der Waals surface area contributed by atoms with Gasteiger partial charge in [0.15, 0.2) is 11.6 Å². The molecule has 1 aromatic rings. The van der Waals surface area contributed by atoms with Crippen LogP contribution < -0.4 is 5.73 Å². The Bertz CT molecular complexity index is 493. The number of nitrogens with two attached hydrogens (primary N) is 1. The summed E-state index contributed by atoms with van der Waals surface area (Å²) >= 11 is 0. The first kappa shape index (κ1) is 12.4. The number of aliphatic carboxylic acids is 1. The second-order valence-electron chi connectivity index (χ2n) is 2.88. The normalized spacial score (nSPS) is 11.6. The molecule has 10 heteroatoms. The van der Waals surface area contributed by atoms with Crippen molar-refractivity contribution in [2.45, 2.75) is 11.6 Å². The summed E-state index contributed by atoms with van der Waals surface area (Å²) < 4.78 is 23.9. The molecule has 0 saturated heterocycles. The van der Waals surface area contributed by atoms with Gasteiger partial charge in [-0.25, -0.2) is 13.1 Å². The molecule has 0 fully saturated rings. The number of aromatic nitrogens is 3. The van der Waals surface area contributed by atoms with Crippen molar-refractivity contribution in [3.05, 3.63) is 0 Å². The number of rotatable bonds is 5. The molecule has 0 aliphatic carbocycles. The van der Waals surface area contributed by atoms with Crippen molar-refractivity contribution >= 4 is 21.6 Å². The number of hydrogen-bond acceptors (Lipinski definition) is 7. The van der Waals surface area contributed by atoms with E-state index in [1.165, 1.54) is 0 Å². The molecule has 0 aliphatic heterocycles. The van der Waals surface area contributed by atoms with E-state index in [4.69, 9.17) is 15.9 Å². The number of aliphatic hydroxyl groups is 1. The summed E-state index contributed by atoms with van der Waals surface area (Å²) in [6.07, 6.45) is 0. The van der Waals surface area contributed by atoms with Crippen LogP contribution in [0.1, 0.15) is 0 Å². The minimum atomic E-state index is -4.09. The summed E-state index contributed by atoms with van der Waals surface area (Å²) in [6.45, 7) is -0.298. The SMILES string of the molecule is Nc1c(S(=O)(=O)CC(=O)O)nnn1CCO. The standard InChI is InChI=1S/C6H10N4O5S/c7-5-6(8-9-10(5)1-2-11)16(14,15)3-4(12)13/h11H,1-3,7H2,(H,12,13). The van der Waals surface area contributed by atoms with Gasteiger partial charge in [-0.1, -0.05) is 5.21 Å². The maximum Gasteiger partial charge on any atom is 0.319 e. The van der Waals surface area contributed by atoms with Gasteiger partial charge in [0, 0.05) is 0 Å². The number of aliphatic hydroxyl groups excluding tert-OH is 1. The molecule has 0 aliphatic rings. The van der Waals surface area contributed by atoms with Crippen molar-refractivity contribution in [3.63, 3.8) is 0 Å². The second kappa shape index (κ2) is 4.45. The smallest absolute Gasteiger partial charge is 0.319 e. The first-order valence-electron chi connectivity index (χ1n) is 4.13. The van der Waals surface area contributed by atoms with E-state index in [0.29, 0.717) is 0 Å². The van der Waals surface area contributed by atoms with E-state index >= 15 is 0 Å². The molecular weight excluding hydrogens is 240 g/mol. The molecular formula is C6H10N4O5S. The van der Waals surface area contributed by atoms with Crippen LogP contribution in [-0.4, -0.2) is 52.0 Å². The van der Waals surface area contributed by atoms with Gasteiger partial charge < -0.3 is 15.9 Å². The van der Waals surface area contributed by atoms with Crippen LogP contribution >= 0.6 is 0 Å². The van der Waals surface area contributed by atoms with Crippen molar-refractivity contribution in [2.24, 2.45) is 0 Å². The zero-order valence-corrected chi connectivity index (χ0v) is 8.88.